The van der Waals surface area contributed by atoms with Gasteiger partial charge in [-0.25, -0.2) is 0 Å². The van der Waals surface area contributed by atoms with Gasteiger partial charge in [0.25, 0.3) is 0 Å². The molecule has 1 unspecified atom stereocenters. The van der Waals surface area contributed by atoms with Crippen molar-refractivity contribution >= 4 is 28.6 Å². The van der Waals surface area contributed by atoms with E-state index in [4.69, 9.17) is 4.99 Å². The first-order valence-corrected chi connectivity index (χ1v) is 6.87. The van der Waals surface area contributed by atoms with Crippen LogP contribution in [0.1, 0.15) is 0 Å². The van der Waals surface area contributed by atoms with Crippen molar-refractivity contribution in [2.75, 3.05) is 0 Å². The Morgan fingerprint density at radius 2 is 1.80 bits per heavy atom. The van der Waals surface area contributed by atoms with Crippen molar-refractivity contribution in [3.05, 3.63) is 69.7 Å². The number of nitrogens with zero attached hydrogens (tertiary/aromatic N) is 1. The van der Waals surface area contributed by atoms with Crippen molar-refractivity contribution in [3.8, 4) is 0 Å². The van der Waals surface area contributed by atoms with Crippen LogP contribution in [0.2, 0.25) is 0 Å². The summed E-state index contributed by atoms with van der Waals surface area (Å²) in [5, 5.41) is 6.14. The Bertz CT molecular complexity index is 1100. The molecule has 2 heteroatoms. The normalized spacial score (nSPS) is 18.6. The highest BCUT2D eigenvalue weighted by Gasteiger charge is 2.19. The molecule has 0 fully saturated rings. The predicted molar refractivity (Wildman–Crippen MR) is 80.9 cm³/mol. The quantitative estimate of drug-likeness (QED) is 0.610. The van der Waals surface area contributed by atoms with Crippen LogP contribution in [-0.4, -0.2) is 11.0 Å². The van der Waals surface area contributed by atoms with E-state index in [-0.39, 0.29) is 6.04 Å². The van der Waals surface area contributed by atoms with E-state index < -0.39 is 0 Å². The Morgan fingerprint density at radius 3 is 2.80 bits per heavy atom. The SMILES string of the molecule is C1=c2[nH]c3ccccc3c2=CC2=c3ccccc3=NC12. The summed E-state index contributed by atoms with van der Waals surface area (Å²) in [5.41, 5.74) is 2.51. The number of fused-ring (bicyclic) bond motifs is 5. The average molecular weight is 256 g/mol. The lowest BCUT2D eigenvalue weighted by Crippen LogP contribution is -2.30. The van der Waals surface area contributed by atoms with Crippen LogP contribution in [0.25, 0.3) is 28.6 Å². The number of rotatable bonds is 0. The molecule has 1 aromatic heterocycles. The zero-order chi connectivity index (χ0) is 13.1. The predicted octanol–water partition coefficient (Wildman–Crippen LogP) is 0.595. The highest BCUT2D eigenvalue weighted by molar-refractivity contribution is 5.93. The molecule has 3 aromatic rings. The van der Waals surface area contributed by atoms with Gasteiger partial charge in [0.15, 0.2) is 0 Å². The van der Waals surface area contributed by atoms with Gasteiger partial charge in [-0.1, -0.05) is 36.4 Å². The maximum atomic E-state index is 4.80. The second kappa shape index (κ2) is 3.48. The summed E-state index contributed by atoms with van der Waals surface area (Å²) in [6.45, 7) is 0. The lowest BCUT2D eigenvalue weighted by atomic mass is 10.0. The molecule has 2 aromatic carbocycles. The molecule has 0 amide bonds. The van der Waals surface area contributed by atoms with Crippen molar-refractivity contribution in [3.63, 3.8) is 0 Å². The summed E-state index contributed by atoms with van der Waals surface area (Å²) in [6, 6.07) is 17.0. The van der Waals surface area contributed by atoms with Crippen LogP contribution in [0.5, 0.6) is 0 Å². The zero-order valence-electron chi connectivity index (χ0n) is 10.8. The summed E-state index contributed by atoms with van der Waals surface area (Å²) in [6.07, 6.45) is 4.54. The molecular weight excluding hydrogens is 244 g/mol. The number of para-hydroxylation sites is 2. The Hall–Kier alpha value is -2.61. The van der Waals surface area contributed by atoms with Crippen LogP contribution >= 0.6 is 0 Å². The number of H-pyrrole nitrogens is 1. The summed E-state index contributed by atoms with van der Waals surface area (Å²) < 4.78 is 0. The summed E-state index contributed by atoms with van der Waals surface area (Å²) in [4.78, 5) is 8.29. The van der Waals surface area contributed by atoms with Gasteiger partial charge in [0.2, 0.25) is 0 Å². The molecule has 20 heavy (non-hydrogen) atoms. The highest BCUT2D eigenvalue weighted by atomic mass is 14.8. The fourth-order valence-electron chi connectivity index (χ4n) is 3.28. The van der Waals surface area contributed by atoms with E-state index >= 15 is 0 Å². The number of nitrogens with one attached hydrogen (secondary N) is 1. The van der Waals surface area contributed by atoms with E-state index in [0.717, 1.165) is 5.36 Å². The van der Waals surface area contributed by atoms with Gasteiger partial charge in [0, 0.05) is 26.7 Å². The minimum Gasteiger partial charge on any atom is -0.355 e. The molecule has 5 rings (SSSR count). The van der Waals surface area contributed by atoms with Crippen molar-refractivity contribution in [2.24, 2.45) is 4.99 Å². The first kappa shape index (κ1) is 10.2. The van der Waals surface area contributed by atoms with Crippen molar-refractivity contribution in [1.82, 2.24) is 4.98 Å². The summed E-state index contributed by atoms with van der Waals surface area (Å²) >= 11 is 0. The number of aromatic amines is 1. The molecule has 2 heterocycles. The minimum atomic E-state index is 0.160. The van der Waals surface area contributed by atoms with Gasteiger partial charge in [-0.05, 0) is 29.9 Å². The molecule has 1 aliphatic heterocycles. The fraction of sp³-hybridized carbons (Fsp3) is 0.0556. The van der Waals surface area contributed by atoms with Crippen LogP contribution in [0.4, 0.5) is 0 Å². The Morgan fingerprint density at radius 1 is 0.950 bits per heavy atom. The molecule has 2 nitrogen and oxygen atoms in total. The third kappa shape index (κ3) is 1.21. The van der Waals surface area contributed by atoms with E-state index in [0.29, 0.717) is 0 Å². The Labute approximate surface area is 115 Å². The maximum absolute atomic E-state index is 4.80. The molecule has 1 aliphatic carbocycles. The molecular formula is C18H12N2. The lowest BCUT2D eigenvalue weighted by Gasteiger charge is -2.07. The summed E-state index contributed by atoms with van der Waals surface area (Å²) in [5.74, 6) is 0. The van der Waals surface area contributed by atoms with Gasteiger partial charge in [0.05, 0.1) is 11.4 Å². The number of aromatic nitrogens is 1. The van der Waals surface area contributed by atoms with Crippen LogP contribution in [0.15, 0.2) is 53.5 Å². The number of hydrogen-bond acceptors (Lipinski definition) is 1. The lowest BCUT2D eigenvalue weighted by molar-refractivity contribution is 1.07. The molecule has 2 aliphatic rings. The minimum absolute atomic E-state index is 0.160. The van der Waals surface area contributed by atoms with E-state index in [1.54, 1.807) is 0 Å². The third-order valence-corrected chi connectivity index (χ3v) is 4.21. The first-order valence-electron chi connectivity index (χ1n) is 6.87. The van der Waals surface area contributed by atoms with Crippen LogP contribution in [0.3, 0.4) is 0 Å². The number of benzene rings is 2. The molecule has 1 N–H and O–H groups in total. The first-order chi connectivity index (χ1) is 9.90. The molecule has 0 spiro atoms. The van der Waals surface area contributed by atoms with Gasteiger partial charge in [-0.3, -0.25) is 4.99 Å². The van der Waals surface area contributed by atoms with E-state index in [1.807, 2.05) is 0 Å². The van der Waals surface area contributed by atoms with Crippen LogP contribution < -0.4 is 21.1 Å². The van der Waals surface area contributed by atoms with Crippen molar-refractivity contribution in [1.29, 1.82) is 0 Å². The maximum Gasteiger partial charge on any atom is 0.0967 e. The molecule has 0 saturated carbocycles. The van der Waals surface area contributed by atoms with Gasteiger partial charge in [-0.15, -0.1) is 0 Å². The van der Waals surface area contributed by atoms with Crippen molar-refractivity contribution in [2.45, 2.75) is 6.04 Å². The highest BCUT2D eigenvalue weighted by Crippen LogP contribution is 2.16. The largest absolute Gasteiger partial charge is 0.355 e. The summed E-state index contributed by atoms with van der Waals surface area (Å²) in [7, 11) is 0. The van der Waals surface area contributed by atoms with Gasteiger partial charge in [0.1, 0.15) is 0 Å². The van der Waals surface area contributed by atoms with Crippen LogP contribution in [0, 0.1) is 0 Å². The Kier molecular flexibility index (Phi) is 1.78. The molecule has 94 valence electrons. The average Bonchev–Trinajstić information content (AvgIpc) is 3.02. The molecule has 1 atom stereocenters. The smallest absolute Gasteiger partial charge is 0.0967 e. The molecule has 0 radical (unpaired) electrons. The topological polar surface area (TPSA) is 28.1 Å². The second-order valence-corrected chi connectivity index (χ2v) is 5.36. The van der Waals surface area contributed by atoms with E-state index in [1.165, 1.54) is 32.3 Å². The second-order valence-electron chi connectivity index (χ2n) is 5.36. The fourth-order valence-corrected chi connectivity index (χ4v) is 3.28. The van der Waals surface area contributed by atoms with E-state index in [9.17, 15) is 0 Å². The standard InChI is InChI=1S/C18H12N2/c1-3-7-15-11(5-1)13-9-14-12-6-2-4-8-16(12)20-18(14)10-17(13)19-15/h1-10,17,20H. The van der Waals surface area contributed by atoms with Gasteiger partial charge < -0.3 is 4.98 Å². The van der Waals surface area contributed by atoms with Crippen LogP contribution in [-0.2, 0) is 0 Å². The molecule has 0 saturated heterocycles. The molecule has 0 bridgehead atoms. The third-order valence-electron chi connectivity index (χ3n) is 4.21. The number of hydrogen-bond donors (Lipinski definition) is 1. The van der Waals surface area contributed by atoms with Crippen molar-refractivity contribution < 1.29 is 0 Å². The monoisotopic (exact) mass is 256 g/mol. The Balaban J connectivity index is 1.99. The zero-order valence-corrected chi connectivity index (χ0v) is 10.8. The van der Waals surface area contributed by atoms with Gasteiger partial charge >= 0.3 is 0 Å². The van der Waals surface area contributed by atoms with E-state index in [2.05, 4.69) is 65.7 Å². The van der Waals surface area contributed by atoms with Gasteiger partial charge in [-0.2, -0.15) is 0 Å².